The fourth-order valence-electron chi connectivity index (χ4n) is 1.53. The van der Waals surface area contributed by atoms with E-state index in [2.05, 4.69) is 12.1 Å². The standard InChI is InChI=1S/C5H5O.4C5H5.BF4.2Fe/c1-2-6-5-3-4-5;4*1-2-4-5-3-1;2-1(3,4)5;;/h2H2,1H3;4*1-5H;;;/q-1;;;;;-1;;. The van der Waals surface area contributed by atoms with Gasteiger partial charge in [-0.3, -0.25) is 12.1 Å². The summed E-state index contributed by atoms with van der Waals surface area (Å²) >= 11 is 0. The summed E-state index contributed by atoms with van der Waals surface area (Å²) < 4.78 is 43.8. The zero-order chi connectivity index (χ0) is 23.0. The molecule has 0 aliphatic heterocycles. The third-order valence-electron chi connectivity index (χ3n) is 2.74. The predicted octanol–water partition coefficient (Wildman–Crippen LogP) is 6.22. The first-order valence-electron chi connectivity index (χ1n) is 9.49. The second kappa shape index (κ2) is 28.5. The maximum atomic E-state index is 9.75. The molecule has 1 aromatic carbocycles. The minimum absolute atomic E-state index is 0. The van der Waals surface area contributed by atoms with E-state index in [1.165, 1.54) is 0 Å². The number of hydrogen-bond donors (Lipinski definition) is 0. The minimum Gasteiger partial charge on any atom is -0.577 e. The quantitative estimate of drug-likeness (QED) is 0.246. The average molecular weight is 540 g/mol. The number of halogens is 4. The molecule has 0 unspecified atom stereocenters. The molecule has 5 rings (SSSR count). The Morgan fingerprint density at radius 2 is 0.667 bits per heavy atom. The van der Waals surface area contributed by atoms with Crippen molar-refractivity contribution >= 4 is 7.25 Å². The van der Waals surface area contributed by atoms with Crippen molar-refractivity contribution in [1.29, 1.82) is 0 Å². The van der Waals surface area contributed by atoms with Gasteiger partial charge in [-0.05, 0) is 135 Å². The molecule has 0 N–H and O–H groups in total. The van der Waals surface area contributed by atoms with E-state index in [4.69, 9.17) is 4.74 Å². The molecule has 0 amide bonds. The van der Waals surface area contributed by atoms with Gasteiger partial charge in [-0.25, -0.2) is 0 Å². The van der Waals surface area contributed by atoms with Crippen molar-refractivity contribution in [2.75, 3.05) is 6.61 Å². The van der Waals surface area contributed by atoms with Crippen LogP contribution in [0.25, 0.3) is 0 Å². The van der Waals surface area contributed by atoms with Gasteiger partial charge in [0.25, 0.3) is 0 Å². The second-order valence-corrected chi connectivity index (χ2v) is 5.36. The smallest absolute Gasteiger partial charge is 0.577 e. The van der Waals surface area contributed by atoms with Crippen LogP contribution in [0.3, 0.4) is 0 Å². The molecule has 0 bridgehead atoms. The number of rotatable bonds is 2. The van der Waals surface area contributed by atoms with E-state index < -0.39 is 7.25 Å². The molecule has 4 aliphatic rings. The summed E-state index contributed by atoms with van der Waals surface area (Å²) in [6.07, 6.45) is 40.0. The van der Waals surface area contributed by atoms with Gasteiger partial charge in [-0.15, -0.1) is 5.75 Å². The van der Waals surface area contributed by atoms with E-state index in [-0.39, 0.29) is 34.1 Å². The van der Waals surface area contributed by atoms with Crippen LogP contribution in [0.5, 0.6) is 5.75 Å². The second-order valence-electron chi connectivity index (χ2n) is 5.36. The summed E-state index contributed by atoms with van der Waals surface area (Å²) in [4.78, 5) is 0. The zero-order valence-corrected chi connectivity index (χ0v) is 20.2. The Morgan fingerprint density at radius 1 is 0.515 bits per heavy atom. The van der Waals surface area contributed by atoms with E-state index in [1.807, 2.05) is 135 Å². The molecule has 1 aromatic rings. The van der Waals surface area contributed by atoms with E-state index >= 15 is 0 Å². The molecule has 33 heavy (non-hydrogen) atoms. The Bertz CT molecular complexity index is 333. The molecule has 0 saturated heterocycles. The van der Waals surface area contributed by atoms with Crippen LogP contribution in [0, 0.1) is 141 Å². The summed E-state index contributed by atoms with van der Waals surface area (Å²) in [7, 11) is -6.00. The van der Waals surface area contributed by atoms with Gasteiger partial charge < -0.3 is 22.0 Å². The Balaban J connectivity index is -0.000000324. The summed E-state index contributed by atoms with van der Waals surface area (Å²) in [5.41, 5.74) is 0. The van der Waals surface area contributed by atoms with Gasteiger partial charge in [0, 0.05) is 34.1 Å². The van der Waals surface area contributed by atoms with Crippen molar-refractivity contribution in [2.45, 2.75) is 6.92 Å². The van der Waals surface area contributed by atoms with Crippen molar-refractivity contribution < 1.29 is 56.1 Å². The van der Waals surface area contributed by atoms with Gasteiger partial charge >= 0.3 is 7.25 Å². The van der Waals surface area contributed by atoms with Crippen molar-refractivity contribution in [1.82, 2.24) is 0 Å². The van der Waals surface area contributed by atoms with Crippen LogP contribution < -0.4 is 4.74 Å². The maximum absolute atomic E-state index is 9.75. The van der Waals surface area contributed by atoms with Gasteiger partial charge in [-0.1, -0.05) is 0 Å². The number of ether oxygens (including phenoxy) is 1. The van der Waals surface area contributed by atoms with Crippen LogP contribution in [-0.2, 0) is 34.1 Å². The Kier molecular flexibility index (Phi) is 32.6. The summed E-state index contributed by atoms with van der Waals surface area (Å²) in [6.45, 7) is 2.67. The summed E-state index contributed by atoms with van der Waals surface area (Å²) in [5, 5.41) is 0. The van der Waals surface area contributed by atoms with E-state index in [0.717, 1.165) is 12.4 Å². The third kappa shape index (κ3) is 42.8. The fourth-order valence-corrected chi connectivity index (χ4v) is 1.53. The molecular formula is C25H25BF4Fe2O-2. The molecule has 0 atom stereocenters. The number of hydrogen-bond acceptors (Lipinski definition) is 1. The van der Waals surface area contributed by atoms with Gasteiger partial charge in [-0.2, -0.15) is 0 Å². The summed E-state index contributed by atoms with van der Waals surface area (Å²) in [6, 6.07) is 5.36. The normalized spacial score (nSPS) is 18.1. The third-order valence-corrected chi connectivity index (χ3v) is 2.74. The first kappa shape index (κ1) is 37.8. The van der Waals surface area contributed by atoms with Gasteiger partial charge in [0.05, 0.1) is 6.61 Å². The molecule has 0 spiro atoms. The molecule has 4 saturated carbocycles. The van der Waals surface area contributed by atoms with E-state index in [9.17, 15) is 17.3 Å². The molecular weight excluding hydrogens is 515 g/mol. The predicted molar refractivity (Wildman–Crippen MR) is 118 cm³/mol. The Morgan fingerprint density at radius 3 is 0.727 bits per heavy atom. The molecule has 0 heterocycles. The molecule has 4 aliphatic carbocycles. The molecule has 180 valence electrons. The van der Waals surface area contributed by atoms with Crippen LogP contribution in [0.15, 0.2) is 0 Å². The summed E-state index contributed by atoms with van der Waals surface area (Å²) in [5.74, 6) is 0.789. The van der Waals surface area contributed by atoms with Crippen LogP contribution in [-0.4, -0.2) is 13.9 Å². The molecule has 8 heteroatoms. The van der Waals surface area contributed by atoms with Crippen molar-refractivity contribution in [3.63, 3.8) is 0 Å². The van der Waals surface area contributed by atoms with Crippen molar-refractivity contribution in [2.24, 2.45) is 0 Å². The topological polar surface area (TPSA) is 9.23 Å². The molecule has 20 radical (unpaired) electrons. The first-order valence-corrected chi connectivity index (χ1v) is 9.49. The monoisotopic (exact) mass is 540 g/mol. The first-order chi connectivity index (χ1) is 14.9. The average Bonchev–Trinajstić information content (AvgIpc) is 3.45. The minimum atomic E-state index is -6.00. The zero-order valence-electron chi connectivity index (χ0n) is 18.0. The van der Waals surface area contributed by atoms with Crippen molar-refractivity contribution in [3.05, 3.63) is 141 Å². The van der Waals surface area contributed by atoms with Crippen LogP contribution in [0.1, 0.15) is 6.92 Å². The van der Waals surface area contributed by atoms with Gasteiger partial charge in [0.1, 0.15) is 0 Å². The van der Waals surface area contributed by atoms with Crippen molar-refractivity contribution in [3.8, 4) is 5.75 Å². The Labute approximate surface area is 222 Å². The maximum Gasteiger partial charge on any atom is 0.673 e. The molecule has 1 nitrogen and oxygen atoms in total. The molecule has 0 aromatic heterocycles. The fraction of sp³-hybridized carbons (Fsp3) is 0.0800. The van der Waals surface area contributed by atoms with Crippen LogP contribution in [0.4, 0.5) is 17.3 Å². The SMILES string of the molecule is CCO[c+]1[c-][c-]1.F[B-](F)(F)F.[CH]1[CH][CH][CH][CH]1.[CH]1[CH][CH][CH][CH]1.[CH]1[CH][CH][CH][CH]1.[CH]1[CH][CH][CH][CH]1.[Fe].[Fe]. The van der Waals surface area contributed by atoms with E-state index in [0.29, 0.717) is 0 Å². The van der Waals surface area contributed by atoms with E-state index in [1.54, 1.807) is 0 Å². The van der Waals surface area contributed by atoms with Crippen LogP contribution >= 0.6 is 0 Å². The van der Waals surface area contributed by atoms with Gasteiger partial charge in [0.2, 0.25) is 0 Å². The largest absolute Gasteiger partial charge is 0.673 e. The Hall–Kier alpha value is 0.234. The molecule has 4 fully saturated rings. The van der Waals surface area contributed by atoms with Crippen LogP contribution in [0.2, 0.25) is 0 Å². The van der Waals surface area contributed by atoms with Gasteiger partial charge in [0.15, 0.2) is 0 Å².